The Labute approximate surface area is 219 Å². The number of anilines is 2. The van der Waals surface area contributed by atoms with Gasteiger partial charge in [0.2, 0.25) is 0 Å². The van der Waals surface area contributed by atoms with Crippen LogP contribution in [0.3, 0.4) is 0 Å². The fourth-order valence-electron chi connectivity index (χ4n) is 5.97. The Balaban J connectivity index is 1.37. The van der Waals surface area contributed by atoms with Gasteiger partial charge in [0.15, 0.2) is 9.84 Å². The van der Waals surface area contributed by atoms with Gasteiger partial charge in [-0.25, -0.2) is 13.4 Å². The highest BCUT2D eigenvalue weighted by molar-refractivity contribution is 7.91. The van der Waals surface area contributed by atoms with E-state index in [1.807, 2.05) is 18.2 Å². The van der Waals surface area contributed by atoms with E-state index in [1.54, 1.807) is 12.1 Å². The summed E-state index contributed by atoms with van der Waals surface area (Å²) in [5, 5.41) is 12.2. The summed E-state index contributed by atoms with van der Waals surface area (Å²) in [6.07, 6.45) is -0.421. The number of pyridine rings is 1. The number of aryl methyl sites for hydroxylation is 1. The number of benzene rings is 2. The molecule has 2 saturated heterocycles. The first-order chi connectivity index (χ1) is 17.8. The van der Waals surface area contributed by atoms with Crippen molar-refractivity contribution >= 4 is 32.2 Å². The van der Waals surface area contributed by atoms with E-state index in [4.69, 9.17) is 4.98 Å². The van der Waals surface area contributed by atoms with Crippen molar-refractivity contribution in [1.29, 1.82) is 0 Å². The molecule has 2 aromatic carbocycles. The number of aromatic nitrogens is 1. The lowest BCUT2D eigenvalue weighted by atomic mass is 10.1. The maximum absolute atomic E-state index is 12.9. The molecule has 0 aliphatic carbocycles. The molecule has 0 saturated carbocycles. The second-order valence-corrected chi connectivity index (χ2v) is 12.8. The molecule has 196 valence electrons. The summed E-state index contributed by atoms with van der Waals surface area (Å²) in [5.74, 6) is 0.830. The second kappa shape index (κ2) is 9.54. The van der Waals surface area contributed by atoms with Gasteiger partial charge >= 0.3 is 0 Å². The van der Waals surface area contributed by atoms with Crippen LogP contribution in [0.25, 0.3) is 10.9 Å². The van der Waals surface area contributed by atoms with Gasteiger partial charge < -0.3 is 19.8 Å². The molecule has 9 heteroatoms. The zero-order valence-corrected chi connectivity index (χ0v) is 22.4. The van der Waals surface area contributed by atoms with Crippen LogP contribution >= 0.6 is 0 Å². The number of hydrogen-bond acceptors (Lipinski definition) is 8. The molecule has 0 radical (unpaired) electrons. The molecule has 8 nitrogen and oxygen atoms in total. The van der Waals surface area contributed by atoms with Crippen molar-refractivity contribution in [2.24, 2.45) is 0 Å². The Kier molecular flexibility index (Phi) is 6.35. The van der Waals surface area contributed by atoms with E-state index in [1.165, 1.54) is 0 Å². The molecule has 0 bridgehead atoms. The van der Waals surface area contributed by atoms with Crippen molar-refractivity contribution in [2.75, 3.05) is 68.4 Å². The van der Waals surface area contributed by atoms with Gasteiger partial charge in [-0.2, -0.15) is 0 Å². The van der Waals surface area contributed by atoms with Gasteiger partial charge in [-0.15, -0.1) is 0 Å². The van der Waals surface area contributed by atoms with Crippen molar-refractivity contribution in [3.05, 3.63) is 59.7 Å². The van der Waals surface area contributed by atoms with Gasteiger partial charge in [-0.3, -0.25) is 4.90 Å². The molecule has 2 fully saturated rings. The molecular weight excluding hydrogens is 486 g/mol. The zero-order valence-electron chi connectivity index (χ0n) is 21.5. The first-order valence-electron chi connectivity index (χ1n) is 13.1. The minimum absolute atomic E-state index is 0.0564. The van der Waals surface area contributed by atoms with Crippen LogP contribution in [0.5, 0.6) is 0 Å². The highest BCUT2D eigenvalue weighted by Gasteiger charge is 2.37. The summed E-state index contributed by atoms with van der Waals surface area (Å²) in [6.45, 7) is 8.26. The first-order valence-corrected chi connectivity index (χ1v) is 14.8. The third-order valence-corrected chi connectivity index (χ3v) is 9.95. The average Bonchev–Trinajstić information content (AvgIpc) is 3.21. The standard InChI is InChI=1S/C28H35N5O3S/c1-20-7-8-23-22(15-20)24(33-18-25(26(34)19-33)31-11-9-30(2)10-12-31)16-28(29-23)32-13-14-37(35,36)27-6-4-3-5-21(27)17-32/h3-8,15-16,25-26,34H,9-14,17-19H2,1-2H3/t25-,26-/m1/s1. The van der Waals surface area contributed by atoms with Crippen LogP contribution in [-0.4, -0.2) is 99.1 Å². The molecule has 37 heavy (non-hydrogen) atoms. The van der Waals surface area contributed by atoms with E-state index in [-0.39, 0.29) is 11.8 Å². The van der Waals surface area contributed by atoms with E-state index < -0.39 is 15.9 Å². The van der Waals surface area contributed by atoms with E-state index in [0.717, 1.165) is 66.3 Å². The second-order valence-electron chi connectivity index (χ2n) is 10.7. The highest BCUT2D eigenvalue weighted by atomic mass is 32.2. The Hall–Kier alpha value is -2.72. The lowest BCUT2D eigenvalue weighted by Gasteiger charge is -2.37. The van der Waals surface area contributed by atoms with E-state index in [2.05, 4.69) is 51.8 Å². The van der Waals surface area contributed by atoms with Gasteiger partial charge in [-0.1, -0.05) is 29.8 Å². The normalized spacial score (nSPS) is 24.8. The Bertz CT molecular complexity index is 1420. The van der Waals surface area contributed by atoms with Crippen molar-refractivity contribution in [3.63, 3.8) is 0 Å². The van der Waals surface area contributed by atoms with E-state index in [0.29, 0.717) is 24.5 Å². The molecule has 3 aliphatic rings. The predicted octanol–water partition coefficient (Wildman–Crippen LogP) is 2.13. The number of sulfone groups is 1. The minimum atomic E-state index is -3.35. The summed E-state index contributed by atoms with van der Waals surface area (Å²) in [6, 6.07) is 15.8. The van der Waals surface area contributed by atoms with Crippen molar-refractivity contribution in [1.82, 2.24) is 14.8 Å². The zero-order chi connectivity index (χ0) is 25.7. The van der Waals surface area contributed by atoms with E-state index in [9.17, 15) is 13.5 Å². The van der Waals surface area contributed by atoms with Crippen LogP contribution in [-0.2, 0) is 16.4 Å². The molecule has 3 aromatic rings. The SMILES string of the molecule is Cc1ccc2nc(N3CCS(=O)(=O)c4ccccc4C3)cc(N3C[C@@H](O)[C@H](N4CCN(C)CC4)C3)c2c1. The third kappa shape index (κ3) is 4.69. The predicted molar refractivity (Wildman–Crippen MR) is 147 cm³/mol. The number of hydrogen-bond donors (Lipinski definition) is 1. The number of fused-ring (bicyclic) bond motifs is 2. The van der Waals surface area contributed by atoms with E-state index >= 15 is 0 Å². The highest BCUT2D eigenvalue weighted by Crippen LogP contribution is 2.35. The van der Waals surface area contributed by atoms with Gasteiger partial charge in [0.25, 0.3) is 0 Å². The number of β-amino-alcohol motifs (C(OH)–C–C–N with tert-alkyl or cyclic N) is 1. The number of aliphatic hydroxyl groups excluding tert-OH is 1. The van der Waals surface area contributed by atoms with Crippen LogP contribution in [0.4, 0.5) is 11.5 Å². The molecule has 1 N–H and O–H groups in total. The lowest BCUT2D eigenvalue weighted by Crippen LogP contribution is -2.52. The quantitative estimate of drug-likeness (QED) is 0.562. The van der Waals surface area contributed by atoms with Crippen LogP contribution in [0.15, 0.2) is 53.4 Å². The maximum atomic E-state index is 12.9. The van der Waals surface area contributed by atoms with Crippen LogP contribution < -0.4 is 9.80 Å². The van der Waals surface area contributed by atoms with Gasteiger partial charge in [-0.05, 0) is 37.7 Å². The monoisotopic (exact) mass is 521 g/mol. The number of rotatable bonds is 3. The minimum Gasteiger partial charge on any atom is -0.390 e. The van der Waals surface area contributed by atoms with Gasteiger partial charge in [0.05, 0.1) is 28.3 Å². The molecule has 0 unspecified atom stereocenters. The van der Waals surface area contributed by atoms with Gasteiger partial charge in [0.1, 0.15) is 5.82 Å². The Morgan fingerprint density at radius 2 is 1.73 bits per heavy atom. The van der Waals surface area contributed by atoms with Crippen LogP contribution in [0, 0.1) is 6.92 Å². The Morgan fingerprint density at radius 3 is 2.54 bits per heavy atom. The van der Waals surface area contributed by atoms with Gasteiger partial charge in [0, 0.05) is 69.5 Å². The largest absolute Gasteiger partial charge is 0.390 e. The molecule has 3 aliphatic heterocycles. The molecule has 0 spiro atoms. The summed E-state index contributed by atoms with van der Waals surface area (Å²) >= 11 is 0. The number of nitrogens with zero attached hydrogens (tertiary/aromatic N) is 5. The summed E-state index contributed by atoms with van der Waals surface area (Å²) < 4.78 is 25.9. The fourth-order valence-corrected chi connectivity index (χ4v) is 7.47. The van der Waals surface area contributed by atoms with Crippen LogP contribution in [0.2, 0.25) is 0 Å². The number of likely N-dealkylation sites (N-methyl/N-ethyl adjacent to an activating group) is 1. The molecule has 4 heterocycles. The third-order valence-electron chi connectivity index (χ3n) is 8.16. The lowest BCUT2D eigenvalue weighted by molar-refractivity contribution is 0.0512. The summed E-state index contributed by atoms with van der Waals surface area (Å²) in [5.41, 5.74) is 3.91. The van der Waals surface area contributed by atoms with Crippen LogP contribution in [0.1, 0.15) is 11.1 Å². The number of aliphatic hydroxyl groups is 1. The molecule has 2 atom stereocenters. The molecular formula is C28H35N5O3S. The molecule has 6 rings (SSSR count). The number of piperazine rings is 1. The maximum Gasteiger partial charge on any atom is 0.180 e. The van der Waals surface area contributed by atoms with Crippen molar-refractivity contribution < 1.29 is 13.5 Å². The topological polar surface area (TPSA) is 80.2 Å². The molecule has 1 aromatic heterocycles. The summed E-state index contributed by atoms with van der Waals surface area (Å²) in [7, 11) is -1.20. The first kappa shape index (κ1) is 24.6. The van der Waals surface area contributed by atoms with Crippen molar-refractivity contribution in [2.45, 2.75) is 30.5 Å². The smallest absolute Gasteiger partial charge is 0.180 e. The fraction of sp³-hybridized carbons (Fsp3) is 0.464. The average molecular weight is 522 g/mol. The Morgan fingerprint density at radius 1 is 0.946 bits per heavy atom. The van der Waals surface area contributed by atoms with Crippen molar-refractivity contribution in [3.8, 4) is 0 Å². The summed E-state index contributed by atoms with van der Waals surface area (Å²) in [4.78, 5) is 14.6. The molecule has 0 amide bonds.